The summed E-state index contributed by atoms with van der Waals surface area (Å²) in [4.78, 5) is 1.24. The van der Waals surface area contributed by atoms with Crippen molar-refractivity contribution < 1.29 is 5.11 Å². The quantitative estimate of drug-likeness (QED) is 0.742. The standard InChI is InChI=1S/C17H16OS/c1-12-8-16(11-19-12)17(18)10-13-6-7-14-4-2-3-5-15(14)9-13/h2-9,11,17-18H,10H2,1H3. The van der Waals surface area contributed by atoms with Crippen molar-refractivity contribution in [2.45, 2.75) is 19.4 Å². The second-order valence-corrected chi connectivity index (χ2v) is 6.01. The fourth-order valence-electron chi connectivity index (χ4n) is 2.35. The molecule has 1 nitrogen and oxygen atoms in total. The normalized spacial score (nSPS) is 12.7. The zero-order chi connectivity index (χ0) is 13.2. The van der Waals surface area contributed by atoms with Gasteiger partial charge < -0.3 is 5.11 Å². The molecule has 1 aromatic heterocycles. The van der Waals surface area contributed by atoms with Crippen molar-refractivity contribution in [1.29, 1.82) is 0 Å². The number of benzene rings is 2. The molecule has 0 aliphatic rings. The molecule has 3 rings (SSSR count). The first-order valence-electron chi connectivity index (χ1n) is 6.43. The molecule has 0 amide bonds. The van der Waals surface area contributed by atoms with E-state index in [1.807, 2.05) is 17.5 Å². The molecule has 96 valence electrons. The van der Waals surface area contributed by atoms with Crippen LogP contribution in [0.1, 0.15) is 22.1 Å². The molecule has 0 fully saturated rings. The molecular formula is C17H16OS. The molecule has 19 heavy (non-hydrogen) atoms. The van der Waals surface area contributed by atoms with Crippen LogP contribution in [0.25, 0.3) is 10.8 Å². The maximum atomic E-state index is 10.3. The molecule has 0 radical (unpaired) electrons. The van der Waals surface area contributed by atoms with Crippen molar-refractivity contribution in [1.82, 2.24) is 0 Å². The average Bonchev–Trinajstić information content (AvgIpc) is 2.85. The zero-order valence-electron chi connectivity index (χ0n) is 10.8. The molecule has 1 atom stereocenters. The SMILES string of the molecule is Cc1cc(C(O)Cc2ccc3ccccc3c2)cs1. The van der Waals surface area contributed by atoms with Gasteiger partial charge in [-0.3, -0.25) is 0 Å². The van der Waals surface area contributed by atoms with Gasteiger partial charge in [0.1, 0.15) is 0 Å². The third-order valence-electron chi connectivity index (χ3n) is 3.38. The molecule has 2 aromatic carbocycles. The molecule has 0 bridgehead atoms. The lowest BCUT2D eigenvalue weighted by Gasteiger charge is -2.09. The van der Waals surface area contributed by atoms with Gasteiger partial charge in [-0.2, -0.15) is 0 Å². The maximum Gasteiger partial charge on any atom is 0.0838 e. The van der Waals surface area contributed by atoms with Gasteiger partial charge in [-0.1, -0.05) is 42.5 Å². The summed E-state index contributed by atoms with van der Waals surface area (Å²) in [6, 6.07) is 16.8. The molecule has 0 aliphatic heterocycles. The van der Waals surface area contributed by atoms with Crippen molar-refractivity contribution in [2.75, 3.05) is 0 Å². The largest absolute Gasteiger partial charge is 0.388 e. The van der Waals surface area contributed by atoms with Crippen LogP contribution in [0.3, 0.4) is 0 Å². The lowest BCUT2D eigenvalue weighted by molar-refractivity contribution is 0.179. The lowest BCUT2D eigenvalue weighted by atomic mass is 10.0. The van der Waals surface area contributed by atoms with Crippen LogP contribution in [0.15, 0.2) is 53.9 Å². The van der Waals surface area contributed by atoms with E-state index in [1.165, 1.54) is 21.2 Å². The Balaban J connectivity index is 1.84. The van der Waals surface area contributed by atoms with Gasteiger partial charge in [-0.25, -0.2) is 0 Å². The summed E-state index contributed by atoms with van der Waals surface area (Å²) in [7, 11) is 0. The fourth-order valence-corrected chi connectivity index (χ4v) is 3.10. The Kier molecular flexibility index (Phi) is 3.36. The van der Waals surface area contributed by atoms with Crippen LogP contribution in [0.2, 0.25) is 0 Å². The van der Waals surface area contributed by atoms with Crippen LogP contribution < -0.4 is 0 Å². The molecular weight excluding hydrogens is 252 g/mol. The highest BCUT2D eigenvalue weighted by Gasteiger charge is 2.10. The number of aliphatic hydroxyl groups excluding tert-OH is 1. The second-order valence-electron chi connectivity index (χ2n) is 4.89. The number of fused-ring (bicyclic) bond motifs is 1. The van der Waals surface area contributed by atoms with Gasteiger partial charge >= 0.3 is 0 Å². The first kappa shape index (κ1) is 12.4. The Morgan fingerprint density at radius 1 is 1.05 bits per heavy atom. The number of aliphatic hydroxyl groups is 1. The fraction of sp³-hybridized carbons (Fsp3) is 0.176. The van der Waals surface area contributed by atoms with Gasteiger partial charge in [0.15, 0.2) is 0 Å². The van der Waals surface area contributed by atoms with E-state index in [-0.39, 0.29) is 0 Å². The number of rotatable bonds is 3. The minimum atomic E-state index is -0.411. The highest BCUT2D eigenvalue weighted by Crippen LogP contribution is 2.25. The van der Waals surface area contributed by atoms with Gasteiger partial charge in [0.2, 0.25) is 0 Å². The molecule has 0 saturated carbocycles. The summed E-state index contributed by atoms with van der Waals surface area (Å²) in [6.07, 6.45) is 0.257. The van der Waals surface area contributed by atoms with Crippen LogP contribution in [0, 0.1) is 6.92 Å². The Hall–Kier alpha value is -1.64. The van der Waals surface area contributed by atoms with Crippen LogP contribution in [0.4, 0.5) is 0 Å². The van der Waals surface area contributed by atoms with Crippen LogP contribution in [-0.2, 0) is 6.42 Å². The molecule has 1 heterocycles. The van der Waals surface area contributed by atoms with E-state index in [1.54, 1.807) is 11.3 Å². The molecule has 1 unspecified atom stereocenters. The predicted molar refractivity (Wildman–Crippen MR) is 81.7 cm³/mol. The lowest BCUT2D eigenvalue weighted by Crippen LogP contribution is -2.00. The number of thiophene rings is 1. The van der Waals surface area contributed by atoms with E-state index in [2.05, 4.69) is 43.3 Å². The van der Waals surface area contributed by atoms with Gasteiger partial charge in [-0.15, -0.1) is 11.3 Å². The van der Waals surface area contributed by atoms with Crippen LogP contribution >= 0.6 is 11.3 Å². The second kappa shape index (κ2) is 5.16. The monoisotopic (exact) mass is 268 g/mol. The van der Waals surface area contributed by atoms with Gasteiger partial charge in [0.25, 0.3) is 0 Å². The molecule has 0 aliphatic carbocycles. The van der Waals surface area contributed by atoms with Gasteiger partial charge in [0.05, 0.1) is 6.10 Å². The topological polar surface area (TPSA) is 20.2 Å². The smallest absolute Gasteiger partial charge is 0.0838 e. The molecule has 0 spiro atoms. The summed E-state index contributed by atoms with van der Waals surface area (Å²) in [5, 5.41) is 14.8. The minimum absolute atomic E-state index is 0.411. The Labute approximate surface area is 117 Å². The predicted octanol–water partition coefficient (Wildman–Crippen LogP) is 4.49. The van der Waals surface area contributed by atoms with Crippen molar-refractivity contribution in [3.8, 4) is 0 Å². The molecule has 3 aromatic rings. The Bertz CT molecular complexity index is 699. The van der Waals surface area contributed by atoms with E-state index < -0.39 is 6.10 Å². The van der Waals surface area contributed by atoms with E-state index in [4.69, 9.17) is 0 Å². The Morgan fingerprint density at radius 3 is 2.58 bits per heavy atom. The first-order valence-corrected chi connectivity index (χ1v) is 7.31. The maximum absolute atomic E-state index is 10.3. The highest BCUT2D eigenvalue weighted by molar-refractivity contribution is 7.10. The average molecular weight is 268 g/mol. The van der Waals surface area contributed by atoms with E-state index in [0.717, 1.165) is 5.56 Å². The van der Waals surface area contributed by atoms with E-state index in [9.17, 15) is 5.11 Å². The van der Waals surface area contributed by atoms with E-state index >= 15 is 0 Å². The summed E-state index contributed by atoms with van der Waals surface area (Å²) in [5.74, 6) is 0. The minimum Gasteiger partial charge on any atom is -0.388 e. The molecule has 0 saturated heterocycles. The summed E-state index contributed by atoms with van der Waals surface area (Å²) < 4.78 is 0. The molecule has 2 heteroatoms. The van der Waals surface area contributed by atoms with Crippen molar-refractivity contribution in [3.05, 3.63) is 69.9 Å². The van der Waals surface area contributed by atoms with Crippen molar-refractivity contribution in [3.63, 3.8) is 0 Å². The number of hydrogen-bond acceptors (Lipinski definition) is 2. The zero-order valence-corrected chi connectivity index (χ0v) is 11.7. The van der Waals surface area contributed by atoms with Crippen molar-refractivity contribution in [2.24, 2.45) is 0 Å². The number of aryl methyl sites for hydroxylation is 1. The van der Waals surface area contributed by atoms with Gasteiger partial charge in [-0.05, 0) is 40.3 Å². The summed E-state index contributed by atoms with van der Waals surface area (Å²) in [5.41, 5.74) is 2.20. The molecule has 1 N–H and O–H groups in total. The third-order valence-corrected chi connectivity index (χ3v) is 4.26. The first-order chi connectivity index (χ1) is 9.22. The van der Waals surface area contributed by atoms with Crippen molar-refractivity contribution >= 4 is 22.1 Å². The third kappa shape index (κ3) is 2.70. The van der Waals surface area contributed by atoms with Crippen LogP contribution in [0.5, 0.6) is 0 Å². The summed E-state index contributed by atoms with van der Waals surface area (Å²) >= 11 is 1.69. The number of hydrogen-bond donors (Lipinski definition) is 1. The highest BCUT2D eigenvalue weighted by atomic mass is 32.1. The Morgan fingerprint density at radius 2 is 1.84 bits per heavy atom. The van der Waals surface area contributed by atoms with E-state index in [0.29, 0.717) is 6.42 Å². The van der Waals surface area contributed by atoms with Crippen LogP contribution in [-0.4, -0.2) is 5.11 Å². The van der Waals surface area contributed by atoms with Gasteiger partial charge in [0, 0.05) is 11.3 Å². The summed E-state index contributed by atoms with van der Waals surface area (Å²) in [6.45, 7) is 2.07.